The Hall–Kier alpha value is -4.27. The Bertz CT molecular complexity index is 1810. The molecule has 1 aliphatic heterocycles. The van der Waals surface area contributed by atoms with Gasteiger partial charge in [-0.2, -0.15) is 5.26 Å². The lowest BCUT2D eigenvalue weighted by atomic mass is 9.81. The molecule has 2 aromatic heterocycles. The van der Waals surface area contributed by atoms with Gasteiger partial charge in [-0.05, 0) is 68.1 Å². The number of nitrogens with zero attached hydrogens (tertiary/aromatic N) is 6. The molecule has 0 radical (unpaired) electrons. The molecule has 7 rings (SSSR count). The highest BCUT2D eigenvalue weighted by molar-refractivity contribution is 7.16. The first kappa shape index (κ1) is 27.6. The summed E-state index contributed by atoms with van der Waals surface area (Å²) in [5, 5.41) is 21.5. The van der Waals surface area contributed by atoms with Crippen LogP contribution in [0.2, 0.25) is 0 Å². The van der Waals surface area contributed by atoms with Crippen molar-refractivity contribution in [2.24, 2.45) is 5.92 Å². The van der Waals surface area contributed by atoms with E-state index in [1.165, 1.54) is 23.5 Å². The molecular weight excluding hydrogens is 567 g/mol. The van der Waals surface area contributed by atoms with Gasteiger partial charge in [-0.3, -0.25) is 9.59 Å². The summed E-state index contributed by atoms with van der Waals surface area (Å²) in [5.74, 6) is -0.288. The average Bonchev–Trinajstić information content (AvgIpc) is 3.77. The van der Waals surface area contributed by atoms with Crippen molar-refractivity contribution in [2.45, 2.75) is 37.8 Å². The Morgan fingerprint density at radius 1 is 1.09 bits per heavy atom. The number of rotatable bonds is 6. The van der Waals surface area contributed by atoms with Crippen molar-refractivity contribution in [1.82, 2.24) is 14.5 Å². The summed E-state index contributed by atoms with van der Waals surface area (Å²) < 4.78 is 15.4. The van der Waals surface area contributed by atoms with Crippen molar-refractivity contribution in [3.8, 4) is 17.3 Å². The van der Waals surface area contributed by atoms with E-state index < -0.39 is 0 Å². The minimum Gasteiger partial charge on any atom is -0.393 e. The number of aromatic nitrogens is 2. The van der Waals surface area contributed by atoms with Gasteiger partial charge in [-0.1, -0.05) is 11.3 Å². The molecule has 1 amide bonds. The molecule has 1 saturated heterocycles. The van der Waals surface area contributed by atoms with Gasteiger partial charge in [0.15, 0.2) is 5.13 Å². The Kier molecular flexibility index (Phi) is 6.91. The number of thiazole rings is 1. The number of hydrogen-bond donors (Lipinski definition) is 1. The van der Waals surface area contributed by atoms with Gasteiger partial charge in [0.2, 0.25) is 5.91 Å². The van der Waals surface area contributed by atoms with Gasteiger partial charge in [-0.25, -0.2) is 9.37 Å². The number of anilines is 3. The predicted molar refractivity (Wildman–Crippen MR) is 164 cm³/mol. The fourth-order valence-corrected chi connectivity index (χ4v) is 6.95. The van der Waals surface area contributed by atoms with Gasteiger partial charge < -0.3 is 24.4 Å². The number of aliphatic hydroxyl groups is 1. The molecule has 0 atom stereocenters. The first-order valence-electron chi connectivity index (χ1n) is 14.6. The summed E-state index contributed by atoms with van der Waals surface area (Å²) >= 11 is 1.26. The molecule has 0 unspecified atom stereocenters. The molecule has 2 aromatic carbocycles. The van der Waals surface area contributed by atoms with Crippen molar-refractivity contribution in [3.63, 3.8) is 0 Å². The van der Waals surface area contributed by atoms with Crippen LogP contribution in [0.5, 0.6) is 0 Å². The van der Waals surface area contributed by atoms with Crippen LogP contribution in [0, 0.1) is 23.1 Å². The third-order valence-corrected chi connectivity index (χ3v) is 9.88. The van der Waals surface area contributed by atoms with Crippen LogP contribution in [-0.4, -0.2) is 64.8 Å². The average molecular weight is 599 g/mol. The molecule has 9 nitrogen and oxygen atoms in total. The summed E-state index contributed by atoms with van der Waals surface area (Å²) in [5.41, 5.74) is 2.92. The SMILES string of the molecule is CN(c1nc(-c2ccc(F)cc2)c(C#N)s1)c1cn(C2CC2)c(=O)c2ccc(N3CCN(C(=O)C4CC(O)C4)CC3)cc12. The van der Waals surface area contributed by atoms with E-state index >= 15 is 0 Å². The lowest BCUT2D eigenvalue weighted by molar-refractivity contribution is -0.142. The zero-order valence-electron chi connectivity index (χ0n) is 23.7. The van der Waals surface area contributed by atoms with E-state index in [4.69, 9.17) is 4.98 Å². The van der Waals surface area contributed by atoms with Crippen LogP contribution in [0.15, 0.2) is 53.5 Å². The maximum atomic E-state index is 13.6. The molecule has 3 heterocycles. The third kappa shape index (κ3) is 5.04. The fourth-order valence-electron chi connectivity index (χ4n) is 6.08. The molecule has 0 bridgehead atoms. The number of halogens is 1. The molecule has 220 valence electrons. The van der Waals surface area contributed by atoms with Gasteiger partial charge in [0.25, 0.3) is 5.56 Å². The van der Waals surface area contributed by atoms with Gasteiger partial charge in [-0.15, -0.1) is 0 Å². The lowest BCUT2D eigenvalue weighted by Crippen LogP contribution is -2.52. The topological polar surface area (TPSA) is 106 Å². The third-order valence-electron chi connectivity index (χ3n) is 8.85. The first-order chi connectivity index (χ1) is 20.8. The lowest BCUT2D eigenvalue weighted by Gasteiger charge is -2.40. The predicted octanol–water partition coefficient (Wildman–Crippen LogP) is 4.66. The van der Waals surface area contributed by atoms with E-state index in [0.29, 0.717) is 65.7 Å². The van der Waals surface area contributed by atoms with Gasteiger partial charge in [0.1, 0.15) is 22.5 Å². The number of carbonyl (C=O) groups excluding carboxylic acids is 1. The smallest absolute Gasteiger partial charge is 0.258 e. The summed E-state index contributed by atoms with van der Waals surface area (Å²) in [7, 11) is 1.89. The van der Waals surface area contributed by atoms with Crippen LogP contribution in [0.25, 0.3) is 22.0 Å². The summed E-state index contributed by atoms with van der Waals surface area (Å²) in [6.45, 7) is 2.58. The highest BCUT2D eigenvalue weighted by atomic mass is 32.1. The van der Waals surface area contributed by atoms with E-state index in [1.807, 2.05) is 45.8 Å². The number of carbonyl (C=O) groups is 1. The monoisotopic (exact) mass is 598 g/mol. The second-order valence-corrected chi connectivity index (χ2v) is 12.7. The number of aliphatic hydroxyl groups excluding tert-OH is 1. The highest BCUT2D eigenvalue weighted by Crippen LogP contribution is 2.40. The molecule has 2 aliphatic carbocycles. The zero-order valence-corrected chi connectivity index (χ0v) is 24.6. The van der Waals surface area contributed by atoms with E-state index in [2.05, 4.69) is 11.0 Å². The summed E-state index contributed by atoms with van der Waals surface area (Å²) in [6, 6.07) is 14.3. The van der Waals surface area contributed by atoms with Gasteiger partial charge in [0.05, 0.1) is 11.8 Å². The number of nitriles is 1. The Morgan fingerprint density at radius 2 is 1.81 bits per heavy atom. The second kappa shape index (κ2) is 10.8. The number of benzene rings is 2. The minimum absolute atomic E-state index is 0.0249. The van der Waals surface area contributed by atoms with Crippen LogP contribution in [0.1, 0.15) is 36.6 Å². The normalized spacial score (nSPS) is 20.1. The van der Waals surface area contributed by atoms with Crippen molar-refractivity contribution in [2.75, 3.05) is 43.0 Å². The van der Waals surface area contributed by atoms with Crippen molar-refractivity contribution in [3.05, 3.63) is 69.7 Å². The number of fused-ring (bicyclic) bond motifs is 1. The van der Waals surface area contributed by atoms with Gasteiger partial charge >= 0.3 is 0 Å². The molecule has 1 N–H and O–H groups in total. The minimum atomic E-state index is -0.356. The fraction of sp³-hybridized carbons (Fsp3) is 0.375. The molecule has 4 aromatic rings. The van der Waals surface area contributed by atoms with E-state index in [0.717, 1.165) is 29.6 Å². The second-order valence-electron chi connectivity index (χ2n) is 11.7. The Balaban J connectivity index is 1.22. The maximum Gasteiger partial charge on any atom is 0.258 e. The van der Waals surface area contributed by atoms with E-state index in [1.54, 1.807) is 12.1 Å². The quantitative estimate of drug-likeness (QED) is 0.344. The zero-order chi connectivity index (χ0) is 29.8. The molecule has 3 aliphatic rings. The largest absolute Gasteiger partial charge is 0.393 e. The number of piperazine rings is 1. The number of hydrogen-bond acceptors (Lipinski definition) is 8. The Morgan fingerprint density at radius 3 is 2.47 bits per heavy atom. The Labute approximate surface area is 252 Å². The van der Waals surface area contributed by atoms with Crippen molar-refractivity contribution < 1.29 is 14.3 Å². The van der Waals surface area contributed by atoms with Crippen molar-refractivity contribution in [1.29, 1.82) is 5.26 Å². The number of pyridine rings is 1. The molecule has 11 heteroatoms. The highest BCUT2D eigenvalue weighted by Gasteiger charge is 2.36. The van der Waals surface area contributed by atoms with Gasteiger partial charge in [0, 0.05) is 73.4 Å². The first-order valence-corrected chi connectivity index (χ1v) is 15.4. The number of amides is 1. The van der Waals surface area contributed by atoms with Crippen LogP contribution >= 0.6 is 11.3 Å². The van der Waals surface area contributed by atoms with Crippen LogP contribution < -0.4 is 15.4 Å². The van der Waals surface area contributed by atoms with E-state index in [-0.39, 0.29) is 35.3 Å². The standard InChI is InChI=1S/C32H31FN6O3S/c1-36(32-35-29(28(17-34)43-32)19-2-4-21(33)5-3-19)27-18-39(22-6-7-22)31(42)25-9-8-23(16-26(25)27)37-10-12-38(13-11-37)30(41)20-14-24(40)15-20/h2-5,8-9,16,18,20,22,24,40H,6-7,10-15H2,1H3. The molecule has 3 fully saturated rings. The summed E-state index contributed by atoms with van der Waals surface area (Å²) in [6.07, 6.45) is 4.58. The van der Waals surface area contributed by atoms with Crippen LogP contribution in [0.4, 0.5) is 20.9 Å². The van der Waals surface area contributed by atoms with Crippen LogP contribution in [0.3, 0.4) is 0 Å². The maximum absolute atomic E-state index is 13.6. The summed E-state index contributed by atoms with van der Waals surface area (Å²) in [4.78, 5) is 37.6. The molecule has 0 spiro atoms. The molecule has 2 saturated carbocycles. The van der Waals surface area contributed by atoms with E-state index in [9.17, 15) is 24.3 Å². The van der Waals surface area contributed by atoms with Crippen molar-refractivity contribution >= 4 is 44.5 Å². The van der Waals surface area contributed by atoms with Crippen LogP contribution in [-0.2, 0) is 4.79 Å². The molecular formula is C32H31FN6O3S. The molecule has 43 heavy (non-hydrogen) atoms.